The molecule has 30 heavy (non-hydrogen) atoms. The molecule has 4 aliphatic rings. The fourth-order valence-electron chi connectivity index (χ4n) is 8.74. The predicted molar refractivity (Wildman–Crippen MR) is 121 cm³/mol. The van der Waals surface area contributed by atoms with Crippen molar-refractivity contribution in [2.45, 2.75) is 78.2 Å². The van der Waals surface area contributed by atoms with Gasteiger partial charge in [-0.15, -0.1) is 0 Å². The molecule has 8 atom stereocenters. The minimum Gasteiger partial charge on any atom is -0.393 e. The Balaban J connectivity index is 1.49. The molecular formula is C28H38O2. The molecule has 162 valence electrons. The normalized spacial score (nSPS) is 45.1. The van der Waals surface area contributed by atoms with E-state index in [1.807, 2.05) is 6.92 Å². The van der Waals surface area contributed by atoms with Crippen LogP contribution < -0.4 is 0 Å². The molecule has 0 spiro atoms. The Morgan fingerprint density at radius 3 is 2.60 bits per heavy atom. The van der Waals surface area contributed by atoms with Crippen molar-refractivity contribution in [1.29, 1.82) is 0 Å². The quantitative estimate of drug-likeness (QED) is 0.627. The maximum Gasteiger partial charge on any atom is 0.133 e. The van der Waals surface area contributed by atoms with Gasteiger partial charge in [-0.25, -0.2) is 0 Å². The van der Waals surface area contributed by atoms with Gasteiger partial charge in [0.15, 0.2) is 0 Å². The molecule has 2 heteroatoms. The van der Waals surface area contributed by atoms with Crippen molar-refractivity contribution in [3.8, 4) is 0 Å². The summed E-state index contributed by atoms with van der Waals surface area (Å²) < 4.78 is 0. The standard InChI is InChI=1S/C28H38O2/c1-18(29)24-11-12-25-23-10-9-20-16-22(30)17-21(15-19-7-5-4-6-8-19)28(20,3)26(23)13-14-27(24,25)2/h4-9,21-26,30H,10-17H2,1-3H3/t21?,22-,23?,24-,25?,26?,27-,28-/m1/s1. The lowest BCUT2D eigenvalue weighted by Crippen LogP contribution is -2.54. The lowest BCUT2D eigenvalue weighted by Gasteiger charge is -2.60. The Morgan fingerprint density at radius 1 is 1.10 bits per heavy atom. The maximum atomic E-state index is 12.4. The lowest BCUT2D eigenvalue weighted by molar-refractivity contribution is -0.128. The smallest absolute Gasteiger partial charge is 0.133 e. The molecule has 3 saturated carbocycles. The Bertz CT molecular complexity index is 841. The summed E-state index contributed by atoms with van der Waals surface area (Å²) in [7, 11) is 0. The van der Waals surface area contributed by atoms with Crippen LogP contribution in [0.25, 0.3) is 0 Å². The first kappa shape index (κ1) is 20.5. The van der Waals surface area contributed by atoms with Crippen molar-refractivity contribution in [3.05, 3.63) is 47.5 Å². The van der Waals surface area contributed by atoms with Crippen molar-refractivity contribution >= 4 is 5.78 Å². The van der Waals surface area contributed by atoms with E-state index in [-0.39, 0.29) is 22.9 Å². The second kappa shape index (κ2) is 7.33. The van der Waals surface area contributed by atoms with E-state index in [1.54, 1.807) is 0 Å². The number of allylic oxidation sites excluding steroid dienone is 1. The van der Waals surface area contributed by atoms with Crippen LogP contribution >= 0.6 is 0 Å². The second-order valence-corrected chi connectivity index (χ2v) is 11.4. The third-order valence-corrected chi connectivity index (χ3v) is 10.2. The number of rotatable bonds is 3. The van der Waals surface area contributed by atoms with Crippen molar-refractivity contribution in [2.75, 3.05) is 0 Å². The van der Waals surface area contributed by atoms with Gasteiger partial charge in [0.05, 0.1) is 6.10 Å². The van der Waals surface area contributed by atoms with Gasteiger partial charge in [-0.05, 0) is 98.4 Å². The first-order valence-corrected chi connectivity index (χ1v) is 12.3. The molecule has 1 N–H and O–H groups in total. The zero-order chi connectivity index (χ0) is 21.1. The molecule has 1 aromatic rings. The largest absolute Gasteiger partial charge is 0.393 e. The molecule has 2 nitrogen and oxygen atoms in total. The van der Waals surface area contributed by atoms with E-state index in [9.17, 15) is 9.90 Å². The molecular weight excluding hydrogens is 368 g/mol. The molecule has 5 rings (SSSR count). The molecule has 1 aromatic carbocycles. The third-order valence-electron chi connectivity index (χ3n) is 10.2. The van der Waals surface area contributed by atoms with E-state index in [1.165, 1.54) is 30.4 Å². The summed E-state index contributed by atoms with van der Waals surface area (Å²) in [5.74, 6) is 3.27. The van der Waals surface area contributed by atoms with Crippen LogP contribution in [0.1, 0.15) is 71.3 Å². The van der Waals surface area contributed by atoms with Gasteiger partial charge < -0.3 is 5.11 Å². The fourth-order valence-corrected chi connectivity index (χ4v) is 8.74. The molecule has 0 aromatic heterocycles. The number of Topliss-reactive ketones (excluding diaryl/α,β-unsaturated/α-hetero) is 1. The van der Waals surface area contributed by atoms with Gasteiger partial charge in [-0.3, -0.25) is 4.79 Å². The molecule has 0 heterocycles. The number of aliphatic hydroxyl groups is 1. The Labute approximate surface area is 182 Å². The first-order chi connectivity index (χ1) is 14.3. The van der Waals surface area contributed by atoms with Crippen molar-refractivity contribution in [2.24, 2.45) is 40.4 Å². The van der Waals surface area contributed by atoms with E-state index in [0.717, 1.165) is 32.1 Å². The summed E-state index contributed by atoms with van der Waals surface area (Å²) in [5.41, 5.74) is 3.33. The van der Waals surface area contributed by atoms with E-state index in [2.05, 4.69) is 50.3 Å². The van der Waals surface area contributed by atoms with E-state index >= 15 is 0 Å². The zero-order valence-electron chi connectivity index (χ0n) is 18.9. The van der Waals surface area contributed by atoms with Crippen molar-refractivity contribution < 1.29 is 9.90 Å². The highest BCUT2D eigenvalue weighted by atomic mass is 16.3. The maximum absolute atomic E-state index is 12.4. The number of carbonyl (C=O) groups excluding carboxylic acids is 1. The topological polar surface area (TPSA) is 37.3 Å². The average molecular weight is 407 g/mol. The zero-order valence-corrected chi connectivity index (χ0v) is 18.9. The predicted octanol–water partition coefficient (Wildman–Crippen LogP) is 5.98. The number of ketones is 1. The van der Waals surface area contributed by atoms with E-state index in [4.69, 9.17) is 0 Å². The monoisotopic (exact) mass is 406 g/mol. The average Bonchev–Trinajstić information content (AvgIpc) is 3.07. The summed E-state index contributed by atoms with van der Waals surface area (Å²) in [6, 6.07) is 10.9. The Hall–Kier alpha value is -1.41. The molecule has 0 radical (unpaired) electrons. The summed E-state index contributed by atoms with van der Waals surface area (Å²) >= 11 is 0. The van der Waals surface area contributed by atoms with Gasteiger partial charge >= 0.3 is 0 Å². The van der Waals surface area contributed by atoms with Crippen LogP contribution in [0.3, 0.4) is 0 Å². The van der Waals surface area contributed by atoms with Crippen LogP contribution in [-0.4, -0.2) is 17.0 Å². The van der Waals surface area contributed by atoms with Crippen LogP contribution in [-0.2, 0) is 11.2 Å². The van der Waals surface area contributed by atoms with Gasteiger partial charge in [0.2, 0.25) is 0 Å². The lowest BCUT2D eigenvalue weighted by atomic mass is 9.44. The summed E-state index contributed by atoms with van der Waals surface area (Å²) in [4.78, 5) is 12.4. The van der Waals surface area contributed by atoms with Crippen LogP contribution in [0.5, 0.6) is 0 Å². The molecule has 0 bridgehead atoms. The van der Waals surface area contributed by atoms with Gasteiger partial charge in [-0.1, -0.05) is 55.8 Å². The Kier molecular flexibility index (Phi) is 5.01. The van der Waals surface area contributed by atoms with Crippen LogP contribution in [0.4, 0.5) is 0 Å². The molecule has 0 aliphatic heterocycles. The number of benzene rings is 1. The highest BCUT2D eigenvalue weighted by Crippen LogP contribution is 2.67. The van der Waals surface area contributed by atoms with Crippen LogP contribution in [0.2, 0.25) is 0 Å². The van der Waals surface area contributed by atoms with Gasteiger partial charge in [0.25, 0.3) is 0 Å². The fraction of sp³-hybridized carbons (Fsp3) is 0.679. The molecule has 4 aliphatic carbocycles. The number of fused-ring (bicyclic) bond motifs is 5. The minimum atomic E-state index is -0.197. The summed E-state index contributed by atoms with van der Waals surface area (Å²) in [6.45, 7) is 6.79. The van der Waals surface area contributed by atoms with Crippen molar-refractivity contribution in [3.63, 3.8) is 0 Å². The van der Waals surface area contributed by atoms with E-state index in [0.29, 0.717) is 29.5 Å². The highest BCUT2D eigenvalue weighted by Gasteiger charge is 2.61. The van der Waals surface area contributed by atoms with Gasteiger partial charge in [0, 0.05) is 5.92 Å². The number of hydrogen-bond donors (Lipinski definition) is 1. The summed E-state index contributed by atoms with van der Waals surface area (Å²) in [5, 5.41) is 10.7. The van der Waals surface area contributed by atoms with Crippen LogP contribution in [0, 0.1) is 40.4 Å². The van der Waals surface area contributed by atoms with E-state index < -0.39 is 0 Å². The SMILES string of the molecule is CC(=O)[C@H]1CCC2C3CC=C4C[C@@H](O)CC(Cc5ccccc5)[C@]4(C)C3CC[C@@]21C. The second-order valence-electron chi connectivity index (χ2n) is 11.4. The number of hydrogen-bond acceptors (Lipinski definition) is 2. The number of carbonyl (C=O) groups is 1. The third kappa shape index (κ3) is 2.97. The molecule has 0 amide bonds. The first-order valence-electron chi connectivity index (χ1n) is 12.3. The number of aliphatic hydroxyl groups excluding tert-OH is 1. The van der Waals surface area contributed by atoms with Gasteiger partial charge in [0.1, 0.15) is 5.78 Å². The van der Waals surface area contributed by atoms with Crippen LogP contribution in [0.15, 0.2) is 42.0 Å². The molecule has 0 saturated heterocycles. The van der Waals surface area contributed by atoms with Crippen molar-refractivity contribution in [1.82, 2.24) is 0 Å². The summed E-state index contributed by atoms with van der Waals surface area (Å²) in [6.07, 6.45) is 11.1. The van der Waals surface area contributed by atoms with Gasteiger partial charge in [-0.2, -0.15) is 0 Å². The Morgan fingerprint density at radius 2 is 1.87 bits per heavy atom. The molecule has 4 unspecified atom stereocenters. The molecule has 3 fully saturated rings. The minimum absolute atomic E-state index is 0.188. The highest BCUT2D eigenvalue weighted by molar-refractivity contribution is 5.79.